The van der Waals surface area contributed by atoms with Gasteiger partial charge in [0.25, 0.3) is 0 Å². The predicted molar refractivity (Wildman–Crippen MR) is 57.8 cm³/mol. The summed E-state index contributed by atoms with van der Waals surface area (Å²) >= 11 is 0. The average Bonchev–Trinajstić information content (AvgIpc) is 2.81. The van der Waals surface area contributed by atoms with Crippen molar-refractivity contribution in [2.75, 3.05) is 0 Å². The monoisotopic (exact) mass is 218 g/mol. The van der Waals surface area contributed by atoms with E-state index in [2.05, 4.69) is 0 Å². The number of epoxide rings is 1. The van der Waals surface area contributed by atoms with Crippen molar-refractivity contribution in [3.8, 4) is 0 Å². The van der Waals surface area contributed by atoms with Crippen LogP contribution in [-0.2, 0) is 19.9 Å². The summed E-state index contributed by atoms with van der Waals surface area (Å²) in [5.74, 6) is -0.263. The van der Waals surface area contributed by atoms with Crippen LogP contribution in [0, 0.1) is 0 Å². The van der Waals surface area contributed by atoms with Crippen LogP contribution in [0.4, 0.5) is 0 Å². The van der Waals surface area contributed by atoms with Crippen LogP contribution in [0.25, 0.3) is 0 Å². The molecule has 2 aliphatic heterocycles. The summed E-state index contributed by atoms with van der Waals surface area (Å²) in [4.78, 5) is 11.8. The third-order valence-electron chi connectivity index (χ3n) is 4.20. The van der Waals surface area contributed by atoms with Crippen molar-refractivity contribution in [1.29, 1.82) is 0 Å². The fourth-order valence-corrected chi connectivity index (χ4v) is 2.64. The predicted octanol–water partition coefficient (Wildman–Crippen LogP) is 2.01. The van der Waals surface area contributed by atoms with Crippen LogP contribution in [-0.4, -0.2) is 17.2 Å². The van der Waals surface area contributed by atoms with Crippen molar-refractivity contribution in [1.82, 2.24) is 0 Å². The highest BCUT2D eigenvalue weighted by Crippen LogP contribution is 2.65. The number of ether oxygens (including phenoxy) is 2. The Labute approximate surface area is 94.4 Å². The Kier molecular flexibility index (Phi) is 1.53. The zero-order valence-corrected chi connectivity index (χ0v) is 9.61. The summed E-state index contributed by atoms with van der Waals surface area (Å²) in [6.45, 7) is 5.65. The van der Waals surface area contributed by atoms with Gasteiger partial charge in [-0.25, -0.2) is 4.79 Å². The van der Waals surface area contributed by atoms with Crippen LogP contribution >= 0.6 is 0 Å². The average molecular weight is 218 g/mol. The van der Waals surface area contributed by atoms with E-state index in [0.717, 1.165) is 5.56 Å². The van der Waals surface area contributed by atoms with E-state index in [1.54, 1.807) is 6.92 Å². The molecule has 3 atom stereocenters. The molecule has 0 bridgehead atoms. The lowest BCUT2D eigenvalue weighted by Gasteiger charge is -2.29. The van der Waals surface area contributed by atoms with Gasteiger partial charge in [0, 0.05) is 0 Å². The second-order valence-corrected chi connectivity index (χ2v) is 4.96. The molecule has 2 heterocycles. The highest BCUT2D eigenvalue weighted by atomic mass is 16.7. The van der Waals surface area contributed by atoms with Crippen LogP contribution < -0.4 is 0 Å². The summed E-state index contributed by atoms with van der Waals surface area (Å²) in [6, 6.07) is 9.75. The molecule has 0 spiro atoms. The molecule has 1 aromatic carbocycles. The smallest absolute Gasteiger partial charge is 0.342 e. The van der Waals surface area contributed by atoms with Crippen LogP contribution in [0.15, 0.2) is 30.3 Å². The van der Waals surface area contributed by atoms with Gasteiger partial charge in [-0.15, -0.1) is 0 Å². The molecule has 0 aromatic heterocycles. The maximum absolute atomic E-state index is 11.8. The lowest BCUT2D eigenvalue weighted by molar-refractivity contribution is -0.166. The first kappa shape index (κ1) is 9.85. The summed E-state index contributed by atoms with van der Waals surface area (Å²) in [6.07, 6.45) is 0. The van der Waals surface area contributed by atoms with Crippen LogP contribution in [0.5, 0.6) is 0 Å². The Morgan fingerprint density at radius 3 is 2.06 bits per heavy atom. The van der Waals surface area contributed by atoms with Crippen molar-refractivity contribution in [3.63, 3.8) is 0 Å². The third-order valence-corrected chi connectivity index (χ3v) is 4.20. The number of carbonyl (C=O) groups excluding carboxylic acids is 1. The Bertz CT molecular complexity index is 469. The SMILES string of the molecule is C[C@]12O[C@@]1(C)C(=O)O[C@]2(C)c1ccccc1. The fourth-order valence-electron chi connectivity index (χ4n) is 2.64. The fraction of sp³-hybridized carbons (Fsp3) is 0.462. The highest BCUT2D eigenvalue weighted by molar-refractivity contribution is 5.89. The van der Waals surface area contributed by atoms with E-state index in [4.69, 9.17) is 9.47 Å². The number of hydrogen-bond donors (Lipinski definition) is 0. The molecular weight excluding hydrogens is 204 g/mol. The molecule has 2 fully saturated rings. The number of hydrogen-bond acceptors (Lipinski definition) is 3. The van der Waals surface area contributed by atoms with Gasteiger partial charge in [0.1, 0.15) is 5.60 Å². The van der Waals surface area contributed by atoms with E-state index < -0.39 is 16.8 Å². The zero-order chi connectivity index (χ0) is 11.6. The number of benzene rings is 1. The molecule has 0 aliphatic carbocycles. The third kappa shape index (κ3) is 0.824. The molecule has 84 valence electrons. The highest BCUT2D eigenvalue weighted by Gasteiger charge is 2.84. The number of cyclic esters (lactones) is 1. The molecule has 0 radical (unpaired) electrons. The lowest BCUT2D eigenvalue weighted by Crippen LogP contribution is -2.37. The minimum absolute atomic E-state index is 0.263. The largest absolute Gasteiger partial charge is 0.449 e. The molecule has 0 N–H and O–H groups in total. The Morgan fingerprint density at radius 1 is 1.00 bits per heavy atom. The van der Waals surface area contributed by atoms with Gasteiger partial charge in [0.05, 0.1) is 0 Å². The topological polar surface area (TPSA) is 38.8 Å². The molecule has 2 saturated heterocycles. The molecule has 3 nitrogen and oxygen atoms in total. The minimum Gasteiger partial charge on any atom is -0.449 e. The lowest BCUT2D eigenvalue weighted by atomic mass is 9.79. The Balaban J connectivity index is 2.12. The normalized spacial score (nSPS) is 45.1. The van der Waals surface area contributed by atoms with Gasteiger partial charge in [-0.2, -0.15) is 0 Å². The molecule has 0 amide bonds. The molecule has 0 saturated carbocycles. The van der Waals surface area contributed by atoms with Gasteiger partial charge >= 0.3 is 5.97 Å². The van der Waals surface area contributed by atoms with Crippen LogP contribution in [0.1, 0.15) is 26.3 Å². The number of rotatable bonds is 1. The first-order valence-electron chi connectivity index (χ1n) is 5.43. The van der Waals surface area contributed by atoms with E-state index >= 15 is 0 Å². The number of fused-ring (bicyclic) bond motifs is 1. The second-order valence-electron chi connectivity index (χ2n) is 4.96. The van der Waals surface area contributed by atoms with Gasteiger partial charge in [0.2, 0.25) is 0 Å². The van der Waals surface area contributed by atoms with Gasteiger partial charge in [0.15, 0.2) is 11.2 Å². The first-order chi connectivity index (χ1) is 7.44. The van der Waals surface area contributed by atoms with Gasteiger partial charge in [-0.05, 0) is 26.3 Å². The Morgan fingerprint density at radius 2 is 1.62 bits per heavy atom. The molecule has 3 rings (SSSR count). The van der Waals surface area contributed by atoms with Crippen molar-refractivity contribution in [2.45, 2.75) is 37.6 Å². The van der Waals surface area contributed by atoms with E-state index in [-0.39, 0.29) is 5.97 Å². The summed E-state index contributed by atoms with van der Waals surface area (Å²) in [5.41, 5.74) is -1.01. The molecule has 3 heteroatoms. The molecular formula is C13H14O3. The summed E-state index contributed by atoms with van der Waals surface area (Å²) in [7, 11) is 0. The molecule has 0 unspecified atom stereocenters. The summed E-state index contributed by atoms with van der Waals surface area (Å²) < 4.78 is 11.2. The standard InChI is InChI=1S/C13H14O3/c1-11(9-7-5-4-6-8-9)13(3)12(2,16-13)10(14)15-11/h4-8H,1-3H3/t11-,12+,13-/m1/s1. The Hall–Kier alpha value is -1.35. The van der Waals surface area contributed by atoms with E-state index in [1.165, 1.54) is 0 Å². The van der Waals surface area contributed by atoms with Crippen molar-refractivity contribution >= 4 is 5.97 Å². The van der Waals surface area contributed by atoms with Gasteiger partial charge in [-0.1, -0.05) is 30.3 Å². The molecule has 1 aromatic rings. The number of carbonyl (C=O) groups is 1. The van der Waals surface area contributed by atoms with Crippen LogP contribution in [0.3, 0.4) is 0 Å². The maximum Gasteiger partial charge on any atom is 0.342 e. The van der Waals surface area contributed by atoms with Gasteiger partial charge < -0.3 is 9.47 Å². The first-order valence-corrected chi connectivity index (χ1v) is 5.43. The van der Waals surface area contributed by atoms with E-state index in [9.17, 15) is 4.79 Å². The molecule has 16 heavy (non-hydrogen) atoms. The van der Waals surface area contributed by atoms with Crippen LogP contribution in [0.2, 0.25) is 0 Å². The second kappa shape index (κ2) is 2.48. The van der Waals surface area contributed by atoms with Crippen molar-refractivity contribution in [2.24, 2.45) is 0 Å². The van der Waals surface area contributed by atoms with Gasteiger partial charge in [-0.3, -0.25) is 0 Å². The zero-order valence-electron chi connectivity index (χ0n) is 9.61. The van der Waals surface area contributed by atoms with E-state index in [0.29, 0.717) is 0 Å². The molecule has 2 aliphatic rings. The van der Waals surface area contributed by atoms with Crippen molar-refractivity contribution < 1.29 is 14.3 Å². The van der Waals surface area contributed by atoms with E-state index in [1.807, 2.05) is 44.2 Å². The van der Waals surface area contributed by atoms with Crippen molar-refractivity contribution in [3.05, 3.63) is 35.9 Å². The maximum atomic E-state index is 11.8. The summed E-state index contributed by atoms with van der Waals surface area (Å²) in [5, 5.41) is 0. The minimum atomic E-state index is -0.766. The number of esters is 1. The quantitative estimate of drug-likeness (QED) is 0.534.